The third kappa shape index (κ3) is 3.16. The number of benzene rings is 1. The van der Waals surface area contributed by atoms with Crippen molar-refractivity contribution < 1.29 is 8.78 Å². The number of anilines is 1. The molecular formula is C13H18F2N2. The van der Waals surface area contributed by atoms with Crippen LogP contribution in [0.15, 0.2) is 18.2 Å². The quantitative estimate of drug-likeness (QED) is 0.855. The van der Waals surface area contributed by atoms with E-state index in [1.54, 1.807) is 6.07 Å². The van der Waals surface area contributed by atoms with Crippen LogP contribution in [0.4, 0.5) is 14.5 Å². The van der Waals surface area contributed by atoms with Crippen molar-refractivity contribution in [2.24, 2.45) is 0 Å². The Hall–Kier alpha value is -1.16. The maximum Gasteiger partial charge on any atom is 0.181 e. The van der Waals surface area contributed by atoms with Gasteiger partial charge in [-0.2, -0.15) is 0 Å². The molecule has 0 aromatic heterocycles. The normalized spacial score (nSPS) is 22.2. The molecule has 1 N–H and O–H groups in total. The minimum atomic E-state index is -0.791. The summed E-state index contributed by atoms with van der Waals surface area (Å²) in [6.07, 6.45) is 3.05. The van der Waals surface area contributed by atoms with Crippen molar-refractivity contribution >= 4 is 5.69 Å². The molecule has 0 aliphatic carbocycles. The number of hydrogen-bond donors (Lipinski definition) is 1. The summed E-state index contributed by atoms with van der Waals surface area (Å²) in [7, 11) is 2.09. The average Bonchev–Trinajstić information content (AvgIpc) is 2.50. The summed E-state index contributed by atoms with van der Waals surface area (Å²) in [6, 6.07) is 4.49. The van der Waals surface area contributed by atoms with E-state index in [9.17, 15) is 8.78 Å². The molecule has 1 aliphatic heterocycles. The molecular weight excluding hydrogens is 222 g/mol. The lowest BCUT2D eigenvalue weighted by atomic mass is 10.1. The van der Waals surface area contributed by atoms with Crippen LogP contribution < -0.4 is 5.32 Å². The van der Waals surface area contributed by atoms with E-state index in [-0.39, 0.29) is 11.7 Å². The lowest BCUT2D eigenvalue weighted by Crippen LogP contribution is -2.23. The number of likely N-dealkylation sites (tertiary alicyclic amines) is 1. The lowest BCUT2D eigenvalue weighted by molar-refractivity contribution is 0.348. The summed E-state index contributed by atoms with van der Waals surface area (Å²) in [5.41, 5.74) is 0.277. The second-order valence-electron chi connectivity index (χ2n) is 4.68. The van der Waals surface area contributed by atoms with Crippen molar-refractivity contribution in [2.45, 2.75) is 25.3 Å². The second-order valence-corrected chi connectivity index (χ2v) is 4.68. The maximum atomic E-state index is 13.5. The zero-order chi connectivity index (χ0) is 12.3. The van der Waals surface area contributed by atoms with Gasteiger partial charge in [0.15, 0.2) is 11.6 Å². The standard InChI is InChI=1S/C13H18F2N2/c1-17-8-3-4-10(7-9-17)16-12-6-2-5-11(14)13(12)15/h2,5-6,10,16H,3-4,7-9H2,1H3. The Morgan fingerprint density at radius 3 is 2.88 bits per heavy atom. The average molecular weight is 240 g/mol. The van der Waals surface area contributed by atoms with Crippen LogP contribution in [0.1, 0.15) is 19.3 Å². The van der Waals surface area contributed by atoms with Gasteiger partial charge in [-0.1, -0.05) is 6.07 Å². The van der Waals surface area contributed by atoms with Gasteiger partial charge in [0, 0.05) is 6.04 Å². The van der Waals surface area contributed by atoms with Gasteiger partial charge in [-0.25, -0.2) is 8.78 Å². The van der Waals surface area contributed by atoms with Crippen LogP contribution in [0, 0.1) is 11.6 Å². The van der Waals surface area contributed by atoms with Crippen LogP contribution in [-0.2, 0) is 0 Å². The van der Waals surface area contributed by atoms with Crippen molar-refractivity contribution in [3.63, 3.8) is 0 Å². The minimum Gasteiger partial charge on any atom is -0.380 e. The fraction of sp³-hybridized carbons (Fsp3) is 0.538. The van der Waals surface area contributed by atoms with Crippen LogP contribution in [0.25, 0.3) is 0 Å². The Kier molecular flexibility index (Phi) is 3.94. The molecule has 0 spiro atoms. The third-order valence-corrected chi connectivity index (χ3v) is 3.26. The predicted molar refractivity (Wildman–Crippen MR) is 65.1 cm³/mol. The van der Waals surface area contributed by atoms with E-state index in [0.29, 0.717) is 0 Å². The summed E-state index contributed by atoms with van der Waals surface area (Å²) in [4.78, 5) is 2.27. The number of hydrogen-bond acceptors (Lipinski definition) is 2. The number of rotatable bonds is 2. The molecule has 1 aliphatic rings. The molecule has 1 aromatic carbocycles. The largest absolute Gasteiger partial charge is 0.380 e. The predicted octanol–water partition coefficient (Wildman–Crippen LogP) is 2.86. The Morgan fingerprint density at radius 1 is 1.24 bits per heavy atom. The first-order valence-corrected chi connectivity index (χ1v) is 6.06. The van der Waals surface area contributed by atoms with Gasteiger partial charge in [-0.15, -0.1) is 0 Å². The first kappa shape index (κ1) is 12.3. The van der Waals surface area contributed by atoms with Crippen LogP contribution in [0.3, 0.4) is 0 Å². The van der Waals surface area contributed by atoms with E-state index in [0.717, 1.165) is 38.4 Å². The molecule has 1 saturated heterocycles. The van der Waals surface area contributed by atoms with Crippen molar-refractivity contribution in [3.05, 3.63) is 29.8 Å². The van der Waals surface area contributed by atoms with Gasteiger partial charge in [-0.3, -0.25) is 0 Å². The maximum absolute atomic E-state index is 13.5. The molecule has 1 aromatic rings. The minimum absolute atomic E-state index is 0.233. The second kappa shape index (κ2) is 5.45. The molecule has 1 unspecified atom stereocenters. The van der Waals surface area contributed by atoms with Gasteiger partial charge in [0.1, 0.15) is 0 Å². The highest BCUT2D eigenvalue weighted by Crippen LogP contribution is 2.20. The SMILES string of the molecule is CN1CCCC(Nc2cccc(F)c2F)CC1. The van der Waals surface area contributed by atoms with Gasteiger partial charge in [0.2, 0.25) is 0 Å². The highest BCUT2D eigenvalue weighted by Gasteiger charge is 2.16. The molecule has 2 nitrogen and oxygen atoms in total. The molecule has 0 saturated carbocycles. The molecule has 0 bridgehead atoms. The van der Waals surface area contributed by atoms with E-state index in [4.69, 9.17) is 0 Å². The monoisotopic (exact) mass is 240 g/mol. The van der Waals surface area contributed by atoms with E-state index in [1.807, 2.05) is 0 Å². The highest BCUT2D eigenvalue weighted by atomic mass is 19.2. The van der Waals surface area contributed by atoms with Gasteiger partial charge < -0.3 is 10.2 Å². The summed E-state index contributed by atoms with van der Waals surface area (Å²) in [6.45, 7) is 2.07. The van der Waals surface area contributed by atoms with Crippen molar-refractivity contribution in [1.29, 1.82) is 0 Å². The molecule has 1 fully saturated rings. The van der Waals surface area contributed by atoms with Crippen molar-refractivity contribution in [1.82, 2.24) is 4.90 Å². The zero-order valence-corrected chi connectivity index (χ0v) is 10.0. The van der Waals surface area contributed by atoms with E-state index in [2.05, 4.69) is 17.3 Å². The van der Waals surface area contributed by atoms with Gasteiger partial charge in [-0.05, 0) is 51.5 Å². The van der Waals surface area contributed by atoms with Crippen LogP contribution in [0.2, 0.25) is 0 Å². The number of nitrogens with zero attached hydrogens (tertiary/aromatic N) is 1. The first-order chi connectivity index (χ1) is 8.16. The van der Waals surface area contributed by atoms with E-state index >= 15 is 0 Å². The zero-order valence-electron chi connectivity index (χ0n) is 10.0. The van der Waals surface area contributed by atoms with Gasteiger partial charge in [0.25, 0.3) is 0 Å². The number of nitrogens with one attached hydrogen (secondary N) is 1. The molecule has 2 rings (SSSR count). The smallest absolute Gasteiger partial charge is 0.181 e. The third-order valence-electron chi connectivity index (χ3n) is 3.26. The Morgan fingerprint density at radius 2 is 2.06 bits per heavy atom. The number of halogens is 2. The van der Waals surface area contributed by atoms with E-state index in [1.165, 1.54) is 6.07 Å². The van der Waals surface area contributed by atoms with Crippen LogP contribution in [0.5, 0.6) is 0 Å². The Bertz CT molecular complexity index is 382. The molecule has 4 heteroatoms. The summed E-state index contributed by atoms with van der Waals surface area (Å²) in [5.74, 6) is -1.56. The van der Waals surface area contributed by atoms with Crippen LogP contribution in [-0.4, -0.2) is 31.1 Å². The molecule has 0 amide bonds. The molecule has 1 atom stereocenters. The van der Waals surface area contributed by atoms with Gasteiger partial charge in [0.05, 0.1) is 5.69 Å². The molecule has 94 valence electrons. The highest BCUT2D eigenvalue weighted by molar-refractivity contribution is 5.45. The fourth-order valence-corrected chi connectivity index (χ4v) is 2.22. The molecule has 0 radical (unpaired) electrons. The van der Waals surface area contributed by atoms with Crippen molar-refractivity contribution in [3.8, 4) is 0 Å². The topological polar surface area (TPSA) is 15.3 Å². The van der Waals surface area contributed by atoms with E-state index < -0.39 is 11.6 Å². The molecule has 1 heterocycles. The van der Waals surface area contributed by atoms with Crippen LogP contribution >= 0.6 is 0 Å². The summed E-state index contributed by atoms with van der Waals surface area (Å²) in [5, 5.41) is 3.11. The Balaban J connectivity index is 2.02. The first-order valence-electron chi connectivity index (χ1n) is 6.06. The van der Waals surface area contributed by atoms with Crippen molar-refractivity contribution in [2.75, 3.05) is 25.5 Å². The Labute approximate surface area is 101 Å². The lowest BCUT2D eigenvalue weighted by Gasteiger charge is -2.18. The summed E-state index contributed by atoms with van der Waals surface area (Å²) < 4.78 is 26.5. The fourth-order valence-electron chi connectivity index (χ4n) is 2.22. The summed E-state index contributed by atoms with van der Waals surface area (Å²) >= 11 is 0. The van der Waals surface area contributed by atoms with Gasteiger partial charge >= 0.3 is 0 Å². The molecule has 17 heavy (non-hydrogen) atoms.